The number of nitrogens with one attached hydrogen (secondary N) is 1. The number of nitriles is 1. The van der Waals surface area contributed by atoms with Gasteiger partial charge >= 0.3 is 0 Å². The molecule has 0 aromatic heterocycles. The van der Waals surface area contributed by atoms with Gasteiger partial charge in [-0.2, -0.15) is 5.26 Å². The quantitative estimate of drug-likeness (QED) is 0.309. The number of nitro benzene ring substituents is 1. The maximum Gasteiger partial charge on any atom is 0.296 e. The average molecular weight is 474 g/mol. The standard InChI is InChI=1S/C19H12BrN3O7/c20-12-5-16-15(29-9-30-16)4-10(12)3-11(8-21)19(24)22-13-6-17-18(28-2-1-27-17)7-14(13)23(25)26/h3-7H,1-2,9H2,(H,22,24)/b11-3+. The summed E-state index contributed by atoms with van der Waals surface area (Å²) in [5.41, 5.74) is -0.254. The maximum absolute atomic E-state index is 12.7. The lowest BCUT2D eigenvalue weighted by Gasteiger charge is -2.19. The van der Waals surface area contributed by atoms with E-state index < -0.39 is 10.8 Å². The highest BCUT2D eigenvalue weighted by Gasteiger charge is 2.25. The van der Waals surface area contributed by atoms with Gasteiger partial charge < -0.3 is 24.3 Å². The highest BCUT2D eigenvalue weighted by atomic mass is 79.9. The molecule has 0 saturated heterocycles. The van der Waals surface area contributed by atoms with Crippen LogP contribution < -0.4 is 24.3 Å². The number of rotatable bonds is 4. The molecule has 2 aliphatic heterocycles. The lowest BCUT2D eigenvalue weighted by molar-refractivity contribution is -0.384. The van der Waals surface area contributed by atoms with Crippen molar-refractivity contribution in [3.63, 3.8) is 0 Å². The van der Waals surface area contributed by atoms with Gasteiger partial charge in [0.25, 0.3) is 11.6 Å². The van der Waals surface area contributed by atoms with Gasteiger partial charge in [-0.25, -0.2) is 0 Å². The second-order valence-corrected chi connectivity index (χ2v) is 6.98. The topological polar surface area (TPSA) is 133 Å². The maximum atomic E-state index is 12.7. The Hall–Kier alpha value is -3.78. The monoisotopic (exact) mass is 473 g/mol. The number of fused-ring (bicyclic) bond motifs is 2. The molecule has 4 rings (SSSR count). The smallest absolute Gasteiger partial charge is 0.296 e. The molecule has 152 valence electrons. The molecule has 2 heterocycles. The van der Waals surface area contributed by atoms with Gasteiger partial charge in [-0.1, -0.05) is 15.9 Å². The van der Waals surface area contributed by atoms with Gasteiger partial charge in [0.2, 0.25) is 6.79 Å². The largest absolute Gasteiger partial charge is 0.486 e. The predicted molar refractivity (Wildman–Crippen MR) is 107 cm³/mol. The summed E-state index contributed by atoms with van der Waals surface area (Å²) in [5, 5.41) is 23.3. The Bertz CT molecular complexity index is 1140. The molecule has 30 heavy (non-hydrogen) atoms. The first-order valence-corrected chi connectivity index (χ1v) is 9.36. The van der Waals surface area contributed by atoms with Gasteiger partial charge in [0, 0.05) is 10.5 Å². The van der Waals surface area contributed by atoms with E-state index >= 15 is 0 Å². The normalized spacial score (nSPS) is 14.1. The third-order valence-electron chi connectivity index (χ3n) is 4.26. The third-order valence-corrected chi connectivity index (χ3v) is 4.95. The van der Waals surface area contributed by atoms with Gasteiger partial charge in [-0.3, -0.25) is 14.9 Å². The summed E-state index contributed by atoms with van der Waals surface area (Å²) in [5.74, 6) is 0.676. The van der Waals surface area contributed by atoms with Crippen LogP contribution in [0.15, 0.2) is 34.3 Å². The van der Waals surface area contributed by atoms with Crippen molar-refractivity contribution in [2.45, 2.75) is 0 Å². The molecule has 1 N–H and O–H groups in total. The van der Waals surface area contributed by atoms with Crippen LogP contribution >= 0.6 is 15.9 Å². The van der Waals surface area contributed by atoms with Gasteiger partial charge in [0.1, 0.15) is 30.5 Å². The molecule has 0 atom stereocenters. The van der Waals surface area contributed by atoms with Crippen LogP contribution in [0, 0.1) is 21.4 Å². The number of ether oxygens (including phenoxy) is 4. The predicted octanol–water partition coefficient (Wildman–Crippen LogP) is 3.40. The first-order valence-electron chi connectivity index (χ1n) is 8.56. The summed E-state index contributed by atoms with van der Waals surface area (Å²) in [7, 11) is 0. The average Bonchev–Trinajstić information content (AvgIpc) is 3.18. The Morgan fingerprint density at radius 3 is 2.40 bits per heavy atom. The summed E-state index contributed by atoms with van der Waals surface area (Å²) in [4.78, 5) is 23.4. The van der Waals surface area contributed by atoms with Crippen LogP contribution in [0.3, 0.4) is 0 Å². The fourth-order valence-corrected chi connectivity index (χ4v) is 3.30. The fraction of sp³-hybridized carbons (Fsp3) is 0.158. The van der Waals surface area contributed by atoms with E-state index in [9.17, 15) is 20.2 Å². The molecular formula is C19H12BrN3O7. The molecular weight excluding hydrogens is 462 g/mol. The van der Waals surface area contributed by atoms with E-state index in [4.69, 9.17) is 18.9 Å². The van der Waals surface area contributed by atoms with Crippen molar-refractivity contribution in [1.29, 1.82) is 5.26 Å². The van der Waals surface area contributed by atoms with E-state index in [1.54, 1.807) is 18.2 Å². The van der Waals surface area contributed by atoms with Crippen molar-refractivity contribution in [3.05, 3.63) is 50.0 Å². The van der Waals surface area contributed by atoms with Crippen LogP contribution in [0.2, 0.25) is 0 Å². The lowest BCUT2D eigenvalue weighted by Crippen LogP contribution is -2.18. The van der Waals surface area contributed by atoms with Crippen molar-refractivity contribution < 1.29 is 28.7 Å². The van der Waals surface area contributed by atoms with Gasteiger partial charge in [0.05, 0.1) is 11.0 Å². The first-order chi connectivity index (χ1) is 14.5. The number of nitrogens with zero attached hydrogens (tertiary/aromatic N) is 2. The summed E-state index contributed by atoms with van der Waals surface area (Å²) in [6, 6.07) is 7.56. The van der Waals surface area contributed by atoms with Crippen LogP contribution in [0.4, 0.5) is 11.4 Å². The fourth-order valence-electron chi connectivity index (χ4n) is 2.87. The number of hydrogen-bond acceptors (Lipinski definition) is 8. The summed E-state index contributed by atoms with van der Waals surface area (Å²) in [6.07, 6.45) is 1.34. The Labute approximate surface area is 177 Å². The minimum Gasteiger partial charge on any atom is -0.486 e. The number of halogens is 1. The third kappa shape index (κ3) is 3.72. The number of nitro groups is 1. The Morgan fingerprint density at radius 1 is 1.10 bits per heavy atom. The molecule has 10 nitrogen and oxygen atoms in total. The van der Waals surface area contributed by atoms with Crippen molar-refractivity contribution in [2.24, 2.45) is 0 Å². The molecule has 2 aromatic carbocycles. The number of amides is 1. The number of carbonyl (C=O) groups is 1. The molecule has 11 heteroatoms. The highest BCUT2D eigenvalue weighted by molar-refractivity contribution is 9.10. The van der Waals surface area contributed by atoms with Gasteiger partial charge in [-0.15, -0.1) is 0 Å². The van der Waals surface area contributed by atoms with Crippen LogP contribution in [-0.2, 0) is 4.79 Å². The number of anilines is 1. The second-order valence-electron chi connectivity index (χ2n) is 6.12. The molecule has 0 saturated carbocycles. The minimum absolute atomic E-state index is 0.0777. The van der Waals surface area contributed by atoms with Crippen molar-refractivity contribution in [3.8, 4) is 29.1 Å². The molecule has 0 fully saturated rings. The van der Waals surface area contributed by atoms with Crippen molar-refractivity contribution in [2.75, 3.05) is 25.3 Å². The van der Waals surface area contributed by atoms with E-state index in [0.29, 0.717) is 21.5 Å². The van der Waals surface area contributed by atoms with E-state index in [1.165, 1.54) is 18.2 Å². The zero-order valence-electron chi connectivity index (χ0n) is 15.1. The first kappa shape index (κ1) is 19.5. The Balaban J connectivity index is 1.65. The minimum atomic E-state index is -0.818. The number of hydrogen-bond donors (Lipinski definition) is 1. The molecule has 0 unspecified atom stereocenters. The molecule has 2 aliphatic rings. The number of benzene rings is 2. The summed E-state index contributed by atoms with van der Waals surface area (Å²) < 4.78 is 21.9. The van der Waals surface area contributed by atoms with Gasteiger partial charge in [-0.05, 0) is 23.8 Å². The van der Waals surface area contributed by atoms with Crippen molar-refractivity contribution >= 4 is 39.3 Å². The lowest BCUT2D eigenvalue weighted by atomic mass is 10.1. The molecule has 0 aliphatic carbocycles. The second kappa shape index (κ2) is 7.92. The van der Waals surface area contributed by atoms with Crippen LogP contribution in [-0.4, -0.2) is 30.8 Å². The molecule has 0 spiro atoms. The van der Waals surface area contributed by atoms with E-state index in [2.05, 4.69) is 21.2 Å². The van der Waals surface area contributed by atoms with Crippen LogP contribution in [0.25, 0.3) is 6.08 Å². The van der Waals surface area contributed by atoms with E-state index in [1.807, 2.05) is 0 Å². The Kier molecular flexibility index (Phi) is 5.16. The molecule has 0 radical (unpaired) electrons. The van der Waals surface area contributed by atoms with Gasteiger partial charge in [0.15, 0.2) is 23.0 Å². The van der Waals surface area contributed by atoms with Crippen molar-refractivity contribution in [1.82, 2.24) is 0 Å². The Morgan fingerprint density at radius 2 is 1.73 bits per heavy atom. The zero-order chi connectivity index (χ0) is 21.3. The molecule has 0 bridgehead atoms. The van der Waals surface area contributed by atoms with E-state index in [-0.39, 0.29) is 48.5 Å². The zero-order valence-corrected chi connectivity index (χ0v) is 16.7. The number of carbonyl (C=O) groups excluding carboxylic acids is 1. The SMILES string of the molecule is N#C/C(=C\c1cc2c(cc1Br)OCO2)C(=O)Nc1cc2c(cc1[N+](=O)[O-])OCCO2. The molecule has 1 amide bonds. The van der Waals surface area contributed by atoms with Crippen LogP contribution in [0.1, 0.15) is 5.56 Å². The summed E-state index contributed by atoms with van der Waals surface area (Å²) in [6.45, 7) is 0.621. The molecule has 2 aromatic rings. The highest BCUT2D eigenvalue weighted by Crippen LogP contribution is 2.40. The van der Waals surface area contributed by atoms with Crippen LogP contribution in [0.5, 0.6) is 23.0 Å². The van der Waals surface area contributed by atoms with E-state index in [0.717, 1.165) is 0 Å². The summed E-state index contributed by atoms with van der Waals surface area (Å²) >= 11 is 3.35.